The van der Waals surface area contributed by atoms with E-state index in [4.69, 9.17) is 0 Å². The molecule has 1 aliphatic heterocycles. The summed E-state index contributed by atoms with van der Waals surface area (Å²) in [5.41, 5.74) is -0.596. The average molecular weight is 587 g/mol. The number of aryl methyl sites for hydroxylation is 1. The van der Waals surface area contributed by atoms with Gasteiger partial charge in [-0.3, -0.25) is 23.5 Å². The lowest BCUT2D eigenvalue weighted by Gasteiger charge is -2.16. The smallest absolute Gasteiger partial charge is 0.332 e. The van der Waals surface area contributed by atoms with Crippen molar-refractivity contribution >= 4 is 45.8 Å². The highest BCUT2D eigenvalue weighted by atomic mass is 32.1. The monoisotopic (exact) mass is 586 g/mol. The van der Waals surface area contributed by atoms with Crippen LogP contribution >= 0.6 is 11.3 Å². The van der Waals surface area contributed by atoms with Crippen LogP contribution < -0.4 is 21.5 Å². The van der Waals surface area contributed by atoms with Gasteiger partial charge in [0.1, 0.15) is 22.7 Å². The second-order valence-electron chi connectivity index (χ2n) is 10.1. The molecule has 0 aliphatic carbocycles. The minimum atomic E-state index is -2.76. The number of hydrogen-bond acceptors (Lipinski definition) is 9. The van der Waals surface area contributed by atoms with E-state index in [1.165, 1.54) is 40.8 Å². The van der Waals surface area contributed by atoms with E-state index in [1.807, 2.05) is 0 Å². The number of alkyl halides is 2. The lowest BCUT2D eigenvalue weighted by molar-refractivity contribution is -0.120. The van der Waals surface area contributed by atoms with Crippen molar-refractivity contribution in [3.63, 3.8) is 0 Å². The summed E-state index contributed by atoms with van der Waals surface area (Å²) < 4.78 is 31.2. The molecule has 0 spiro atoms. The highest BCUT2D eigenvalue weighted by Gasteiger charge is 2.45. The van der Waals surface area contributed by atoms with Crippen molar-refractivity contribution in [2.24, 2.45) is 13.0 Å². The first-order valence-corrected chi connectivity index (χ1v) is 13.8. The van der Waals surface area contributed by atoms with Crippen molar-refractivity contribution in [3.8, 4) is 10.6 Å². The number of fused-ring (bicyclic) bond motifs is 1. The van der Waals surface area contributed by atoms with Gasteiger partial charge in [0.15, 0.2) is 16.9 Å². The fourth-order valence-corrected chi connectivity index (χ4v) is 5.39. The number of halogens is 2. The fourth-order valence-electron chi connectivity index (χ4n) is 4.64. The second kappa shape index (κ2) is 10.6. The molecule has 5 heterocycles. The van der Waals surface area contributed by atoms with Gasteiger partial charge in [-0.2, -0.15) is 0 Å². The minimum Gasteiger partial charge on any atom is -0.350 e. The number of nitrogens with one attached hydrogen (secondary N) is 1. The van der Waals surface area contributed by atoms with Gasteiger partial charge < -0.3 is 14.8 Å². The number of thiazole rings is 1. The van der Waals surface area contributed by atoms with Crippen molar-refractivity contribution in [1.82, 2.24) is 28.7 Å². The number of pyridine rings is 1. The molecule has 1 aliphatic rings. The van der Waals surface area contributed by atoms with Crippen LogP contribution in [0.15, 0.2) is 39.6 Å². The van der Waals surface area contributed by atoms with Crippen LogP contribution in [0.3, 0.4) is 0 Å². The summed E-state index contributed by atoms with van der Waals surface area (Å²) in [6.07, 6.45) is 3.02. The molecule has 1 saturated heterocycles. The molecule has 12 nitrogen and oxygen atoms in total. The molecule has 0 saturated carbocycles. The molecular weight excluding hydrogens is 558 g/mol. The molecule has 41 heavy (non-hydrogen) atoms. The van der Waals surface area contributed by atoms with Gasteiger partial charge in [0.2, 0.25) is 5.91 Å². The first-order valence-electron chi connectivity index (χ1n) is 12.9. The van der Waals surface area contributed by atoms with E-state index in [-0.39, 0.29) is 48.8 Å². The number of hydrogen-bond donors (Lipinski definition) is 1. The number of Topliss-reactive ketones (excluding diaryl/α,β-unsaturated/α-hetero) is 1. The molecule has 1 N–H and O–H groups in total. The Balaban J connectivity index is 1.33. The number of carbonyl (C=O) groups is 2. The Bertz CT molecular complexity index is 1760. The molecule has 1 fully saturated rings. The predicted molar refractivity (Wildman–Crippen MR) is 150 cm³/mol. The lowest BCUT2D eigenvalue weighted by Crippen LogP contribution is -2.41. The van der Waals surface area contributed by atoms with Crippen LogP contribution in [0, 0.1) is 5.92 Å². The van der Waals surface area contributed by atoms with E-state index in [1.54, 1.807) is 42.5 Å². The van der Waals surface area contributed by atoms with Gasteiger partial charge in [-0.1, -0.05) is 13.8 Å². The molecule has 0 aromatic carbocycles. The molecule has 0 bridgehead atoms. The van der Waals surface area contributed by atoms with Gasteiger partial charge in [0.05, 0.1) is 19.4 Å². The van der Waals surface area contributed by atoms with Crippen molar-refractivity contribution in [2.75, 3.05) is 23.3 Å². The quantitative estimate of drug-likeness (QED) is 0.333. The number of imidazole rings is 1. The van der Waals surface area contributed by atoms with Gasteiger partial charge >= 0.3 is 5.69 Å². The van der Waals surface area contributed by atoms with Gasteiger partial charge in [-0.05, 0) is 19.1 Å². The van der Waals surface area contributed by atoms with Crippen LogP contribution in [0.25, 0.3) is 21.7 Å². The fraction of sp³-hybridized carbons (Fsp3) is 0.423. The summed E-state index contributed by atoms with van der Waals surface area (Å²) in [6, 6.07) is 2.50. The van der Waals surface area contributed by atoms with Crippen molar-refractivity contribution < 1.29 is 18.4 Å². The molecule has 4 aromatic rings. The van der Waals surface area contributed by atoms with Crippen molar-refractivity contribution in [3.05, 3.63) is 50.9 Å². The summed E-state index contributed by atoms with van der Waals surface area (Å²) >= 11 is 1.27. The largest absolute Gasteiger partial charge is 0.350 e. The van der Waals surface area contributed by atoms with Crippen LogP contribution in [0.4, 0.5) is 20.4 Å². The second-order valence-corrected chi connectivity index (χ2v) is 11.0. The molecular formula is C26H28F2N8O4S. The number of amides is 1. The Labute approximate surface area is 236 Å². The topological polar surface area (TPSA) is 137 Å². The molecule has 15 heteroatoms. The van der Waals surface area contributed by atoms with E-state index in [2.05, 4.69) is 20.3 Å². The van der Waals surface area contributed by atoms with E-state index in [0.29, 0.717) is 16.4 Å². The summed E-state index contributed by atoms with van der Waals surface area (Å²) in [4.78, 5) is 65.5. The molecule has 2 atom stereocenters. The highest BCUT2D eigenvalue weighted by Crippen LogP contribution is 2.35. The highest BCUT2D eigenvalue weighted by molar-refractivity contribution is 7.13. The lowest BCUT2D eigenvalue weighted by atomic mass is 10.1. The third kappa shape index (κ3) is 5.16. The van der Waals surface area contributed by atoms with Crippen molar-refractivity contribution in [2.45, 2.75) is 45.7 Å². The van der Waals surface area contributed by atoms with Crippen LogP contribution in [0.2, 0.25) is 0 Å². The molecule has 5 rings (SSSR count). The Morgan fingerprint density at radius 2 is 2.00 bits per heavy atom. The van der Waals surface area contributed by atoms with Crippen LogP contribution in [-0.2, 0) is 23.2 Å². The first-order chi connectivity index (χ1) is 19.4. The average Bonchev–Trinajstić information content (AvgIpc) is 3.67. The number of nitrogens with zero attached hydrogens (tertiary/aromatic N) is 7. The van der Waals surface area contributed by atoms with Gasteiger partial charge in [0, 0.05) is 43.1 Å². The number of ketones is 1. The van der Waals surface area contributed by atoms with Crippen LogP contribution in [0.5, 0.6) is 0 Å². The van der Waals surface area contributed by atoms with Crippen LogP contribution in [-0.4, -0.2) is 59.4 Å². The zero-order valence-corrected chi connectivity index (χ0v) is 23.6. The molecule has 0 radical (unpaired) electrons. The maximum Gasteiger partial charge on any atom is 0.332 e. The maximum atomic E-state index is 13.9. The van der Waals surface area contributed by atoms with E-state index in [0.717, 1.165) is 4.57 Å². The number of anilines is 2. The van der Waals surface area contributed by atoms with Crippen molar-refractivity contribution in [1.29, 1.82) is 0 Å². The van der Waals surface area contributed by atoms with Gasteiger partial charge in [-0.25, -0.2) is 28.5 Å². The number of carbonyl (C=O) groups excluding carboxylic acids is 2. The Hall–Kier alpha value is -4.27. The molecule has 1 unspecified atom stereocenters. The first kappa shape index (κ1) is 28.3. The SMILES string of the molecule is CCC(=O)Cn1c(=O)c2c(ncn2[C@@H](C)C(=O)Nc2csc(-c3ccc(N4CC(C)C(F)(F)C4)nc3)n2)n(C)c1=O. The normalized spacial score (nSPS) is 17.2. The third-order valence-electron chi connectivity index (χ3n) is 7.27. The number of rotatable bonds is 8. The van der Waals surface area contributed by atoms with Crippen LogP contribution in [0.1, 0.15) is 33.2 Å². The standard InChI is InChI=1S/C26H28F2N8O4S/c1-5-17(37)10-35-24(39)20-21(33(4)25(35)40)30-13-36(20)15(3)22(38)31-18-11-41-23(32-18)16-6-7-19(29-8-16)34-9-14(2)26(27,28)12-34/h6-8,11,13-15H,5,9-10,12H2,1-4H3,(H,31,38)/t14?,15-/m0/s1. The molecule has 216 valence electrons. The Morgan fingerprint density at radius 1 is 1.24 bits per heavy atom. The third-order valence-corrected chi connectivity index (χ3v) is 8.17. The maximum absolute atomic E-state index is 13.9. The summed E-state index contributed by atoms with van der Waals surface area (Å²) in [6.45, 7) is 4.20. The van der Waals surface area contributed by atoms with Gasteiger partial charge in [-0.15, -0.1) is 11.3 Å². The van der Waals surface area contributed by atoms with E-state index in [9.17, 15) is 28.0 Å². The molecule has 4 aromatic heterocycles. The minimum absolute atomic E-state index is 0.0222. The summed E-state index contributed by atoms with van der Waals surface area (Å²) in [7, 11) is 1.44. The van der Waals surface area contributed by atoms with E-state index < -0.39 is 35.0 Å². The predicted octanol–water partition coefficient (Wildman–Crippen LogP) is 2.69. The summed E-state index contributed by atoms with van der Waals surface area (Å²) in [5.74, 6) is -3.54. The summed E-state index contributed by atoms with van der Waals surface area (Å²) in [5, 5.41) is 4.94. The number of aromatic nitrogens is 6. The zero-order chi connectivity index (χ0) is 29.6. The zero-order valence-electron chi connectivity index (χ0n) is 22.8. The molecule has 1 amide bonds. The van der Waals surface area contributed by atoms with E-state index >= 15 is 0 Å². The Kier molecular flexibility index (Phi) is 7.32. The van der Waals surface area contributed by atoms with Gasteiger partial charge in [0.25, 0.3) is 11.5 Å². The Morgan fingerprint density at radius 3 is 2.63 bits per heavy atom.